The smallest absolute Gasteiger partial charge is 0.308 e. The van der Waals surface area contributed by atoms with Gasteiger partial charge in [0.25, 0.3) is 5.91 Å². The van der Waals surface area contributed by atoms with Gasteiger partial charge in [-0.3, -0.25) is 9.59 Å². The van der Waals surface area contributed by atoms with Crippen LogP contribution in [0.15, 0.2) is 18.2 Å². The molecule has 1 unspecified atom stereocenters. The lowest BCUT2D eigenvalue weighted by Crippen LogP contribution is -2.34. The van der Waals surface area contributed by atoms with Gasteiger partial charge in [0.05, 0.1) is 5.92 Å². The lowest BCUT2D eigenvalue weighted by Gasteiger charge is -2.10. The molecule has 0 aromatic heterocycles. The molecular formula is C14H19NO4. The molecule has 1 aromatic rings. The maximum atomic E-state index is 11.5. The first kappa shape index (κ1) is 15.0. The summed E-state index contributed by atoms with van der Waals surface area (Å²) in [6.45, 7) is 5.43. The van der Waals surface area contributed by atoms with Gasteiger partial charge in [-0.15, -0.1) is 0 Å². The van der Waals surface area contributed by atoms with E-state index in [9.17, 15) is 9.59 Å². The third-order valence-electron chi connectivity index (χ3n) is 2.59. The van der Waals surface area contributed by atoms with Crippen molar-refractivity contribution in [1.29, 1.82) is 0 Å². The van der Waals surface area contributed by atoms with E-state index in [-0.39, 0.29) is 19.1 Å². The Kier molecular flexibility index (Phi) is 5.36. The predicted octanol–water partition coefficient (Wildman–Crippen LogP) is 1.52. The van der Waals surface area contributed by atoms with Crippen LogP contribution < -0.4 is 10.1 Å². The maximum Gasteiger partial charge on any atom is 0.308 e. The molecular weight excluding hydrogens is 246 g/mol. The molecule has 0 radical (unpaired) electrons. The summed E-state index contributed by atoms with van der Waals surface area (Å²) in [4.78, 5) is 22.1. The molecule has 1 atom stereocenters. The number of aryl methyl sites for hydroxylation is 2. The molecule has 5 nitrogen and oxygen atoms in total. The zero-order valence-electron chi connectivity index (χ0n) is 11.4. The van der Waals surface area contributed by atoms with E-state index in [0.29, 0.717) is 5.75 Å². The molecule has 0 saturated carbocycles. The van der Waals surface area contributed by atoms with E-state index < -0.39 is 11.9 Å². The van der Waals surface area contributed by atoms with Crippen molar-refractivity contribution in [3.05, 3.63) is 29.3 Å². The van der Waals surface area contributed by atoms with Crippen molar-refractivity contribution in [2.45, 2.75) is 20.8 Å². The Balaban J connectivity index is 2.39. The third-order valence-corrected chi connectivity index (χ3v) is 2.59. The van der Waals surface area contributed by atoms with Gasteiger partial charge >= 0.3 is 5.97 Å². The molecule has 0 fully saturated rings. The third kappa shape index (κ3) is 5.42. The Hall–Kier alpha value is -2.04. The van der Waals surface area contributed by atoms with E-state index in [0.717, 1.165) is 11.1 Å². The molecule has 0 aliphatic heterocycles. The van der Waals surface area contributed by atoms with Gasteiger partial charge in [-0.1, -0.05) is 13.0 Å². The first-order chi connectivity index (χ1) is 8.88. The van der Waals surface area contributed by atoms with Crippen LogP contribution in [0.1, 0.15) is 18.1 Å². The Morgan fingerprint density at radius 1 is 1.26 bits per heavy atom. The van der Waals surface area contributed by atoms with E-state index in [1.165, 1.54) is 6.92 Å². The van der Waals surface area contributed by atoms with Crippen molar-refractivity contribution in [2.75, 3.05) is 13.2 Å². The highest BCUT2D eigenvalue weighted by Gasteiger charge is 2.12. The van der Waals surface area contributed by atoms with Gasteiger partial charge in [0, 0.05) is 6.54 Å². The van der Waals surface area contributed by atoms with E-state index in [1.54, 1.807) is 0 Å². The minimum Gasteiger partial charge on any atom is -0.484 e. The molecule has 1 aromatic carbocycles. The fourth-order valence-electron chi connectivity index (χ4n) is 1.57. The molecule has 5 heteroatoms. The van der Waals surface area contributed by atoms with Gasteiger partial charge in [-0.25, -0.2) is 0 Å². The van der Waals surface area contributed by atoms with Crippen LogP contribution in [0, 0.1) is 19.8 Å². The van der Waals surface area contributed by atoms with Crippen molar-refractivity contribution in [1.82, 2.24) is 5.32 Å². The second-order valence-corrected chi connectivity index (χ2v) is 4.66. The molecule has 0 bridgehead atoms. The summed E-state index contributed by atoms with van der Waals surface area (Å²) < 4.78 is 5.36. The highest BCUT2D eigenvalue weighted by Crippen LogP contribution is 2.15. The van der Waals surface area contributed by atoms with Gasteiger partial charge in [0.15, 0.2) is 6.61 Å². The second kappa shape index (κ2) is 6.78. The van der Waals surface area contributed by atoms with Gasteiger partial charge in [-0.05, 0) is 37.1 Å². The quantitative estimate of drug-likeness (QED) is 0.817. The largest absolute Gasteiger partial charge is 0.484 e. The van der Waals surface area contributed by atoms with Gasteiger partial charge < -0.3 is 15.2 Å². The van der Waals surface area contributed by atoms with Gasteiger partial charge in [0.1, 0.15) is 5.75 Å². The molecule has 104 valence electrons. The Morgan fingerprint density at radius 3 is 2.37 bits per heavy atom. The summed E-state index contributed by atoms with van der Waals surface area (Å²) in [5, 5.41) is 11.2. The number of ether oxygens (including phenoxy) is 1. The topological polar surface area (TPSA) is 75.6 Å². The van der Waals surface area contributed by atoms with Crippen molar-refractivity contribution in [3.8, 4) is 5.75 Å². The molecule has 0 aliphatic carbocycles. The Bertz CT molecular complexity index is 450. The molecule has 1 rings (SSSR count). The lowest BCUT2D eigenvalue weighted by molar-refractivity contribution is -0.141. The van der Waals surface area contributed by atoms with E-state index >= 15 is 0 Å². The Morgan fingerprint density at radius 2 is 1.84 bits per heavy atom. The number of amides is 1. The van der Waals surface area contributed by atoms with Crippen LogP contribution in [0.5, 0.6) is 5.75 Å². The molecule has 0 heterocycles. The lowest BCUT2D eigenvalue weighted by atomic mass is 10.1. The number of rotatable bonds is 6. The standard InChI is InChI=1S/C14H19NO4/c1-9-4-10(2)6-12(5-9)19-8-13(16)15-7-11(3)14(17)18/h4-6,11H,7-8H2,1-3H3,(H,15,16)(H,17,18). The minimum absolute atomic E-state index is 0.102. The number of aliphatic carboxylic acids is 1. The summed E-state index contributed by atoms with van der Waals surface area (Å²) in [6, 6.07) is 5.71. The summed E-state index contributed by atoms with van der Waals surface area (Å²) in [7, 11) is 0. The van der Waals surface area contributed by atoms with Crippen molar-refractivity contribution >= 4 is 11.9 Å². The summed E-state index contributed by atoms with van der Waals surface area (Å²) in [5.74, 6) is -1.23. The molecule has 0 spiro atoms. The normalized spacial score (nSPS) is 11.7. The fraction of sp³-hybridized carbons (Fsp3) is 0.429. The molecule has 19 heavy (non-hydrogen) atoms. The fourth-order valence-corrected chi connectivity index (χ4v) is 1.57. The number of hydrogen-bond donors (Lipinski definition) is 2. The van der Waals surface area contributed by atoms with Crippen LogP contribution in [0.3, 0.4) is 0 Å². The number of carbonyl (C=O) groups is 2. The minimum atomic E-state index is -0.935. The molecule has 0 aliphatic rings. The van der Waals surface area contributed by atoms with Crippen LogP contribution in [-0.2, 0) is 9.59 Å². The zero-order valence-corrected chi connectivity index (χ0v) is 11.4. The summed E-state index contributed by atoms with van der Waals surface area (Å²) in [6.07, 6.45) is 0. The predicted molar refractivity (Wildman–Crippen MR) is 71.2 cm³/mol. The number of carboxylic acid groups (broad SMARTS) is 1. The number of carbonyl (C=O) groups excluding carboxylic acids is 1. The van der Waals surface area contributed by atoms with E-state index in [4.69, 9.17) is 9.84 Å². The summed E-state index contributed by atoms with van der Waals surface area (Å²) in [5.41, 5.74) is 2.13. The van der Waals surface area contributed by atoms with E-state index in [2.05, 4.69) is 5.32 Å². The number of nitrogens with one attached hydrogen (secondary N) is 1. The highest BCUT2D eigenvalue weighted by atomic mass is 16.5. The first-order valence-corrected chi connectivity index (χ1v) is 6.09. The molecule has 2 N–H and O–H groups in total. The maximum absolute atomic E-state index is 11.5. The highest BCUT2D eigenvalue weighted by molar-refractivity contribution is 5.78. The van der Waals surface area contributed by atoms with E-state index in [1.807, 2.05) is 32.0 Å². The zero-order chi connectivity index (χ0) is 14.4. The van der Waals surface area contributed by atoms with Crippen LogP contribution in [0.25, 0.3) is 0 Å². The van der Waals surface area contributed by atoms with Crippen LogP contribution in [-0.4, -0.2) is 30.1 Å². The van der Waals surface area contributed by atoms with Crippen LogP contribution in [0.2, 0.25) is 0 Å². The number of carboxylic acids is 1. The molecule has 1 amide bonds. The van der Waals surface area contributed by atoms with Gasteiger partial charge in [0.2, 0.25) is 0 Å². The number of hydrogen-bond acceptors (Lipinski definition) is 3. The van der Waals surface area contributed by atoms with Gasteiger partial charge in [-0.2, -0.15) is 0 Å². The second-order valence-electron chi connectivity index (χ2n) is 4.66. The first-order valence-electron chi connectivity index (χ1n) is 6.09. The molecule has 0 saturated heterocycles. The monoisotopic (exact) mass is 265 g/mol. The van der Waals surface area contributed by atoms with Crippen LogP contribution >= 0.6 is 0 Å². The Labute approximate surface area is 112 Å². The van der Waals surface area contributed by atoms with Crippen molar-refractivity contribution in [2.24, 2.45) is 5.92 Å². The average molecular weight is 265 g/mol. The van der Waals surface area contributed by atoms with Crippen molar-refractivity contribution < 1.29 is 19.4 Å². The van der Waals surface area contributed by atoms with Crippen LogP contribution in [0.4, 0.5) is 0 Å². The average Bonchev–Trinajstić information content (AvgIpc) is 2.32. The number of benzene rings is 1. The SMILES string of the molecule is Cc1cc(C)cc(OCC(=O)NCC(C)C(=O)O)c1. The van der Waals surface area contributed by atoms with Crippen molar-refractivity contribution in [3.63, 3.8) is 0 Å². The summed E-state index contributed by atoms with van der Waals surface area (Å²) >= 11 is 0.